The Labute approximate surface area is 130 Å². The highest BCUT2D eigenvalue weighted by atomic mass is 16.5. The summed E-state index contributed by atoms with van der Waals surface area (Å²) in [4.78, 5) is 0. The zero-order chi connectivity index (χ0) is 15.1. The molecule has 118 valence electrons. The van der Waals surface area contributed by atoms with Crippen LogP contribution >= 0.6 is 0 Å². The van der Waals surface area contributed by atoms with Gasteiger partial charge in [0, 0.05) is 6.04 Å². The van der Waals surface area contributed by atoms with Crippen molar-refractivity contribution in [3.05, 3.63) is 29.8 Å². The maximum absolute atomic E-state index is 5.82. The molecule has 2 nitrogen and oxygen atoms in total. The molecular weight excluding hydrogens is 258 g/mol. The van der Waals surface area contributed by atoms with E-state index in [-0.39, 0.29) is 6.10 Å². The van der Waals surface area contributed by atoms with Crippen LogP contribution in [-0.4, -0.2) is 13.2 Å². The van der Waals surface area contributed by atoms with E-state index in [0.717, 1.165) is 11.7 Å². The smallest absolute Gasteiger partial charge is 0.120 e. The lowest BCUT2D eigenvalue weighted by Crippen LogP contribution is -2.18. The molecule has 1 aliphatic carbocycles. The van der Waals surface area contributed by atoms with Crippen molar-refractivity contribution in [1.29, 1.82) is 0 Å². The number of hydrogen-bond donors (Lipinski definition) is 1. The Bertz CT molecular complexity index is 410. The second-order valence-electron chi connectivity index (χ2n) is 6.66. The quantitative estimate of drug-likeness (QED) is 0.754. The molecule has 2 rings (SSSR count). The molecule has 1 N–H and O–H groups in total. The van der Waals surface area contributed by atoms with Gasteiger partial charge in [0.15, 0.2) is 0 Å². The summed E-state index contributed by atoms with van der Waals surface area (Å²) in [5.41, 5.74) is 1.35. The van der Waals surface area contributed by atoms with Crippen LogP contribution in [0.15, 0.2) is 24.3 Å². The summed E-state index contributed by atoms with van der Waals surface area (Å²) in [6, 6.07) is 9.02. The van der Waals surface area contributed by atoms with Crippen molar-refractivity contribution in [2.24, 2.45) is 5.92 Å². The van der Waals surface area contributed by atoms with Gasteiger partial charge in [0.1, 0.15) is 5.75 Å². The molecule has 0 spiro atoms. The maximum atomic E-state index is 5.82. The fourth-order valence-corrected chi connectivity index (χ4v) is 3.43. The van der Waals surface area contributed by atoms with Gasteiger partial charge in [-0.1, -0.05) is 44.2 Å². The Morgan fingerprint density at radius 1 is 1.19 bits per heavy atom. The van der Waals surface area contributed by atoms with Gasteiger partial charge < -0.3 is 10.1 Å². The summed E-state index contributed by atoms with van der Waals surface area (Å²) >= 11 is 0. The van der Waals surface area contributed by atoms with E-state index in [1.165, 1.54) is 50.5 Å². The third-order valence-corrected chi connectivity index (χ3v) is 4.57. The molecule has 0 aliphatic heterocycles. The average molecular weight is 289 g/mol. The van der Waals surface area contributed by atoms with Gasteiger partial charge in [-0.25, -0.2) is 0 Å². The van der Waals surface area contributed by atoms with Crippen molar-refractivity contribution in [2.45, 2.75) is 70.9 Å². The van der Waals surface area contributed by atoms with Crippen LogP contribution in [0, 0.1) is 5.92 Å². The summed E-state index contributed by atoms with van der Waals surface area (Å²) in [5.74, 6) is 1.94. The molecule has 1 aromatic carbocycles. The van der Waals surface area contributed by atoms with Gasteiger partial charge in [0.05, 0.1) is 6.10 Å². The van der Waals surface area contributed by atoms with Crippen molar-refractivity contribution >= 4 is 0 Å². The molecule has 0 saturated heterocycles. The number of ether oxygens (including phenoxy) is 1. The minimum atomic E-state index is 0.232. The highest BCUT2D eigenvalue weighted by molar-refractivity contribution is 5.30. The Hall–Kier alpha value is -1.02. The third kappa shape index (κ3) is 5.35. The molecule has 0 heterocycles. The van der Waals surface area contributed by atoms with E-state index in [9.17, 15) is 0 Å². The predicted octanol–water partition coefficient (Wildman–Crippen LogP) is 5.09. The average Bonchev–Trinajstić information content (AvgIpc) is 2.49. The van der Waals surface area contributed by atoms with E-state index < -0.39 is 0 Å². The highest BCUT2D eigenvalue weighted by Crippen LogP contribution is 2.31. The molecule has 0 aromatic heterocycles. The Morgan fingerprint density at radius 3 is 2.62 bits per heavy atom. The zero-order valence-electron chi connectivity index (χ0n) is 13.9. The fraction of sp³-hybridized carbons (Fsp3) is 0.684. The maximum Gasteiger partial charge on any atom is 0.120 e. The minimum Gasteiger partial charge on any atom is -0.491 e. The van der Waals surface area contributed by atoms with Gasteiger partial charge in [-0.2, -0.15) is 0 Å². The molecule has 1 aromatic rings. The van der Waals surface area contributed by atoms with Crippen LogP contribution in [-0.2, 0) is 0 Å². The van der Waals surface area contributed by atoms with Crippen LogP contribution in [0.5, 0.6) is 5.75 Å². The lowest BCUT2D eigenvalue weighted by molar-refractivity contribution is 0.242. The van der Waals surface area contributed by atoms with Crippen molar-refractivity contribution in [1.82, 2.24) is 5.32 Å². The summed E-state index contributed by atoms with van der Waals surface area (Å²) in [7, 11) is 2.07. The Morgan fingerprint density at radius 2 is 1.95 bits per heavy atom. The van der Waals surface area contributed by atoms with E-state index in [1.54, 1.807) is 0 Å². The lowest BCUT2D eigenvalue weighted by Gasteiger charge is -2.24. The number of nitrogens with one attached hydrogen (secondary N) is 1. The van der Waals surface area contributed by atoms with Crippen LogP contribution in [0.3, 0.4) is 0 Å². The topological polar surface area (TPSA) is 21.3 Å². The SMILES string of the molecule is CNC(CCC1CCCCC1)c1cccc(OC(C)C)c1. The second kappa shape index (κ2) is 8.43. The van der Waals surface area contributed by atoms with Gasteiger partial charge >= 0.3 is 0 Å². The highest BCUT2D eigenvalue weighted by Gasteiger charge is 2.17. The van der Waals surface area contributed by atoms with Crippen LogP contribution in [0.1, 0.15) is 70.4 Å². The van der Waals surface area contributed by atoms with Gasteiger partial charge in [-0.05, 0) is 57.4 Å². The largest absolute Gasteiger partial charge is 0.491 e. The van der Waals surface area contributed by atoms with Crippen molar-refractivity contribution in [3.63, 3.8) is 0 Å². The van der Waals surface area contributed by atoms with Crippen molar-refractivity contribution in [2.75, 3.05) is 7.05 Å². The molecule has 1 fully saturated rings. The first-order valence-corrected chi connectivity index (χ1v) is 8.63. The van der Waals surface area contributed by atoms with Gasteiger partial charge in [-0.3, -0.25) is 0 Å². The second-order valence-corrected chi connectivity index (χ2v) is 6.66. The Balaban J connectivity index is 1.92. The minimum absolute atomic E-state index is 0.232. The van der Waals surface area contributed by atoms with Crippen molar-refractivity contribution < 1.29 is 4.74 Å². The zero-order valence-corrected chi connectivity index (χ0v) is 13.9. The van der Waals surface area contributed by atoms with Crippen LogP contribution < -0.4 is 10.1 Å². The predicted molar refractivity (Wildman–Crippen MR) is 89.8 cm³/mol. The van der Waals surface area contributed by atoms with Crippen LogP contribution in [0.25, 0.3) is 0 Å². The fourth-order valence-electron chi connectivity index (χ4n) is 3.43. The van der Waals surface area contributed by atoms with Crippen molar-refractivity contribution in [3.8, 4) is 5.75 Å². The normalized spacial score (nSPS) is 17.9. The molecule has 1 aliphatic rings. The first-order chi connectivity index (χ1) is 10.2. The molecule has 0 radical (unpaired) electrons. The molecule has 2 heteroatoms. The third-order valence-electron chi connectivity index (χ3n) is 4.57. The molecule has 1 saturated carbocycles. The van der Waals surface area contributed by atoms with Crippen LogP contribution in [0.2, 0.25) is 0 Å². The van der Waals surface area contributed by atoms with E-state index in [2.05, 4.69) is 50.5 Å². The first kappa shape index (κ1) is 16.4. The summed E-state index contributed by atoms with van der Waals surface area (Å²) < 4.78 is 5.82. The van der Waals surface area contributed by atoms with Gasteiger partial charge in [0.2, 0.25) is 0 Å². The number of rotatable bonds is 7. The molecule has 0 bridgehead atoms. The number of hydrogen-bond acceptors (Lipinski definition) is 2. The van der Waals surface area contributed by atoms with Gasteiger partial charge in [-0.15, -0.1) is 0 Å². The summed E-state index contributed by atoms with van der Waals surface area (Å²) in [6.07, 6.45) is 10.0. The molecule has 1 atom stereocenters. The summed E-state index contributed by atoms with van der Waals surface area (Å²) in [5, 5.41) is 3.48. The molecular formula is C19H31NO. The summed E-state index contributed by atoms with van der Waals surface area (Å²) in [6.45, 7) is 4.15. The molecule has 0 amide bonds. The molecule has 21 heavy (non-hydrogen) atoms. The first-order valence-electron chi connectivity index (χ1n) is 8.63. The van der Waals surface area contributed by atoms with Crippen LogP contribution in [0.4, 0.5) is 0 Å². The van der Waals surface area contributed by atoms with E-state index in [0.29, 0.717) is 6.04 Å². The van der Waals surface area contributed by atoms with Gasteiger partial charge in [0.25, 0.3) is 0 Å². The standard InChI is InChI=1S/C19H31NO/c1-15(2)21-18-11-7-10-17(14-18)19(20-3)13-12-16-8-5-4-6-9-16/h7,10-11,14-16,19-20H,4-6,8-9,12-13H2,1-3H3. The Kier molecular flexibility index (Phi) is 6.56. The number of benzene rings is 1. The lowest BCUT2D eigenvalue weighted by atomic mass is 9.84. The molecule has 1 unspecified atom stereocenters. The van der Waals surface area contributed by atoms with E-state index >= 15 is 0 Å². The van der Waals surface area contributed by atoms with E-state index in [4.69, 9.17) is 4.74 Å². The van der Waals surface area contributed by atoms with E-state index in [1.807, 2.05) is 0 Å². The monoisotopic (exact) mass is 289 g/mol.